The number of likely N-dealkylation sites (tertiary alicyclic amines) is 1. The van der Waals surface area contributed by atoms with E-state index in [9.17, 15) is 4.79 Å². The van der Waals surface area contributed by atoms with Crippen LogP contribution in [0.3, 0.4) is 0 Å². The molecule has 23 heavy (non-hydrogen) atoms. The van der Waals surface area contributed by atoms with Crippen LogP contribution in [-0.4, -0.2) is 42.6 Å². The molecule has 1 aliphatic rings. The van der Waals surface area contributed by atoms with E-state index in [0.29, 0.717) is 6.54 Å². The van der Waals surface area contributed by atoms with Crippen molar-refractivity contribution in [2.45, 2.75) is 52.5 Å². The Morgan fingerprint density at radius 2 is 1.91 bits per heavy atom. The molecule has 0 unspecified atom stereocenters. The van der Waals surface area contributed by atoms with Gasteiger partial charge in [0.25, 0.3) is 5.91 Å². The molecule has 0 radical (unpaired) electrons. The summed E-state index contributed by atoms with van der Waals surface area (Å²) in [5.74, 6) is 0.728. The summed E-state index contributed by atoms with van der Waals surface area (Å²) in [7, 11) is 0. The summed E-state index contributed by atoms with van der Waals surface area (Å²) >= 11 is 0. The number of ether oxygens (including phenoxy) is 1. The van der Waals surface area contributed by atoms with Gasteiger partial charge in [0, 0.05) is 12.1 Å². The molecule has 0 bridgehead atoms. The minimum atomic E-state index is -0.0593. The number of amides is 1. The van der Waals surface area contributed by atoms with Gasteiger partial charge in [-0.3, -0.25) is 9.69 Å². The summed E-state index contributed by atoms with van der Waals surface area (Å²) in [6.07, 6.45) is 3.84. The van der Waals surface area contributed by atoms with Gasteiger partial charge in [-0.1, -0.05) is 18.6 Å². The van der Waals surface area contributed by atoms with Crippen molar-refractivity contribution in [3.8, 4) is 5.75 Å². The zero-order chi connectivity index (χ0) is 16.9. The molecular weight excluding hydrogens is 288 g/mol. The van der Waals surface area contributed by atoms with E-state index in [0.717, 1.165) is 30.0 Å². The highest BCUT2D eigenvalue weighted by Gasteiger charge is 2.28. The summed E-state index contributed by atoms with van der Waals surface area (Å²) in [6, 6.07) is 6.03. The zero-order valence-corrected chi connectivity index (χ0v) is 14.9. The van der Waals surface area contributed by atoms with Gasteiger partial charge in [0.2, 0.25) is 0 Å². The molecule has 0 atom stereocenters. The molecule has 1 amide bonds. The number of carbonyl (C=O) groups excluding carboxylic acids is 1. The van der Waals surface area contributed by atoms with Crippen LogP contribution in [0.4, 0.5) is 0 Å². The quantitative estimate of drug-likeness (QED) is 0.876. The minimum Gasteiger partial charge on any atom is -0.483 e. The van der Waals surface area contributed by atoms with Gasteiger partial charge in [-0.25, -0.2) is 0 Å². The molecule has 1 heterocycles. The normalized spacial score (nSPS) is 16.2. The predicted molar refractivity (Wildman–Crippen MR) is 93.9 cm³/mol. The van der Waals surface area contributed by atoms with Crippen molar-refractivity contribution in [3.05, 3.63) is 29.3 Å². The van der Waals surface area contributed by atoms with Crippen LogP contribution in [0, 0.1) is 13.8 Å². The van der Waals surface area contributed by atoms with Crippen LogP contribution in [-0.2, 0) is 4.79 Å². The van der Waals surface area contributed by atoms with Gasteiger partial charge in [0.15, 0.2) is 6.61 Å². The maximum Gasteiger partial charge on any atom is 0.258 e. The van der Waals surface area contributed by atoms with Gasteiger partial charge < -0.3 is 10.1 Å². The Bertz CT molecular complexity index is 534. The van der Waals surface area contributed by atoms with E-state index in [2.05, 4.69) is 24.1 Å². The average molecular weight is 318 g/mol. The smallest absolute Gasteiger partial charge is 0.258 e. The largest absolute Gasteiger partial charge is 0.483 e. The Hall–Kier alpha value is -1.55. The highest BCUT2D eigenvalue weighted by molar-refractivity contribution is 5.77. The first-order valence-corrected chi connectivity index (χ1v) is 8.60. The fraction of sp³-hybridized carbons (Fsp3) is 0.632. The lowest BCUT2D eigenvalue weighted by molar-refractivity contribution is -0.123. The fourth-order valence-corrected chi connectivity index (χ4v) is 2.98. The van der Waals surface area contributed by atoms with Crippen LogP contribution in [0.25, 0.3) is 0 Å². The SMILES string of the molecule is Cc1ccc(C)c(OCC(=O)NCC(C)(C)N2CCCCC2)c1. The molecule has 1 fully saturated rings. The van der Waals surface area contributed by atoms with Gasteiger partial charge in [0.1, 0.15) is 5.75 Å². The number of rotatable bonds is 6. The van der Waals surface area contributed by atoms with Crippen LogP contribution in [0.15, 0.2) is 18.2 Å². The molecule has 0 aliphatic carbocycles. The summed E-state index contributed by atoms with van der Waals surface area (Å²) in [6.45, 7) is 11.4. The number of benzene rings is 1. The lowest BCUT2D eigenvalue weighted by Gasteiger charge is -2.41. The van der Waals surface area contributed by atoms with Gasteiger partial charge in [-0.15, -0.1) is 0 Å². The van der Waals surface area contributed by atoms with E-state index in [1.54, 1.807) is 0 Å². The van der Waals surface area contributed by atoms with E-state index in [1.807, 2.05) is 32.0 Å². The third-order valence-corrected chi connectivity index (χ3v) is 4.63. The maximum absolute atomic E-state index is 12.1. The molecule has 1 N–H and O–H groups in total. The Morgan fingerprint density at radius 1 is 1.22 bits per heavy atom. The summed E-state index contributed by atoms with van der Waals surface area (Å²) < 4.78 is 5.66. The molecule has 1 aliphatic heterocycles. The first-order chi connectivity index (χ1) is 10.9. The molecular formula is C19H30N2O2. The lowest BCUT2D eigenvalue weighted by atomic mass is 9.98. The highest BCUT2D eigenvalue weighted by atomic mass is 16.5. The monoisotopic (exact) mass is 318 g/mol. The number of piperidine rings is 1. The average Bonchev–Trinajstić information content (AvgIpc) is 2.54. The Kier molecular flexibility index (Phi) is 6.05. The summed E-state index contributed by atoms with van der Waals surface area (Å²) in [5.41, 5.74) is 2.18. The van der Waals surface area contributed by atoms with Gasteiger partial charge in [-0.2, -0.15) is 0 Å². The molecule has 4 heteroatoms. The third-order valence-electron chi connectivity index (χ3n) is 4.63. The van der Waals surface area contributed by atoms with E-state index in [4.69, 9.17) is 4.74 Å². The molecule has 1 aromatic carbocycles. The number of nitrogens with one attached hydrogen (secondary N) is 1. The van der Waals surface area contributed by atoms with Crippen molar-refractivity contribution in [1.82, 2.24) is 10.2 Å². The minimum absolute atomic E-state index is 0.00463. The molecule has 128 valence electrons. The molecule has 1 saturated heterocycles. The van der Waals surface area contributed by atoms with E-state index in [-0.39, 0.29) is 18.1 Å². The van der Waals surface area contributed by atoms with Crippen molar-refractivity contribution in [2.24, 2.45) is 0 Å². The van der Waals surface area contributed by atoms with E-state index < -0.39 is 0 Å². The fourth-order valence-electron chi connectivity index (χ4n) is 2.98. The van der Waals surface area contributed by atoms with Crippen molar-refractivity contribution >= 4 is 5.91 Å². The molecule has 4 nitrogen and oxygen atoms in total. The van der Waals surface area contributed by atoms with Crippen LogP contribution in [0.5, 0.6) is 5.75 Å². The maximum atomic E-state index is 12.1. The summed E-state index contributed by atoms with van der Waals surface area (Å²) in [5, 5.41) is 3.02. The number of hydrogen-bond donors (Lipinski definition) is 1. The molecule has 0 aromatic heterocycles. The van der Waals surface area contributed by atoms with E-state index in [1.165, 1.54) is 19.3 Å². The number of carbonyl (C=O) groups is 1. The zero-order valence-electron chi connectivity index (χ0n) is 14.9. The van der Waals surface area contributed by atoms with Crippen molar-refractivity contribution in [1.29, 1.82) is 0 Å². The Balaban J connectivity index is 1.79. The second kappa shape index (κ2) is 7.82. The van der Waals surface area contributed by atoms with Gasteiger partial charge in [-0.05, 0) is 70.8 Å². The van der Waals surface area contributed by atoms with Crippen LogP contribution < -0.4 is 10.1 Å². The van der Waals surface area contributed by atoms with Crippen molar-refractivity contribution in [3.63, 3.8) is 0 Å². The van der Waals surface area contributed by atoms with Gasteiger partial charge >= 0.3 is 0 Å². The number of aryl methyl sites for hydroxylation is 2. The number of hydrogen-bond acceptors (Lipinski definition) is 3. The topological polar surface area (TPSA) is 41.6 Å². The Morgan fingerprint density at radius 3 is 2.61 bits per heavy atom. The molecule has 0 spiro atoms. The standard InChI is InChI=1S/C19H30N2O2/c1-15-8-9-16(2)17(12-15)23-13-18(22)20-14-19(3,4)21-10-6-5-7-11-21/h8-9,12H,5-7,10-11,13-14H2,1-4H3,(H,20,22). The van der Waals surface area contributed by atoms with Crippen LogP contribution in [0.1, 0.15) is 44.2 Å². The summed E-state index contributed by atoms with van der Waals surface area (Å²) in [4.78, 5) is 14.6. The number of nitrogens with zero attached hydrogens (tertiary/aromatic N) is 1. The van der Waals surface area contributed by atoms with E-state index >= 15 is 0 Å². The second-order valence-electron chi connectivity index (χ2n) is 7.19. The lowest BCUT2D eigenvalue weighted by Crippen LogP contribution is -2.53. The predicted octanol–water partition coefficient (Wildman–Crippen LogP) is 3.06. The molecule has 0 saturated carbocycles. The third kappa shape index (κ3) is 5.24. The van der Waals surface area contributed by atoms with Crippen LogP contribution in [0.2, 0.25) is 0 Å². The Labute approximate surface area is 140 Å². The first-order valence-electron chi connectivity index (χ1n) is 8.60. The van der Waals surface area contributed by atoms with Crippen molar-refractivity contribution in [2.75, 3.05) is 26.2 Å². The van der Waals surface area contributed by atoms with Crippen molar-refractivity contribution < 1.29 is 9.53 Å². The van der Waals surface area contributed by atoms with Crippen LogP contribution >= 0.6 is 0 Å². The van der Waals surface area contributed by atoms with Gasteiger partial charge in [0.05, 0.1) is 0 Å². The second-order valence-corrected chi connectivity index (χ2v) is 7.19. The first kappa shape index (κ1) is 17.8. The molecule has 1 aromatic rings. The molecule has 2 rings (SSSR count). The highest BCUT2D eigenvalue weighted by Crippen LogP contribution is 2.20.